The summed E-state index contributed by atoms with van der Waals surface area (Å²) in [5.41, 5.74) is 1.87. The van der Waals surface area contributed by atoms with Gasteiger partial charge in [0.2, 0.25) is 0 Å². The van der Waals surface area contributed by atoms with Gasteiger partial charge in [0.25, 0.3) is 0 Å². The van der Waals surface area contributed by atoms with Crippen LogP contribution < -0.4 is 0 Å². The molecule has 0 aliphatic heterocycles. The molecule has 4 heteroatoms. The second-order valence-electron chi connectivity index (χ2n) is 4.12. The summed E-state index contributed by atoms with van der Waals surface area (Å²) in [6, 6.07) is 0. The Bertz CT molecular complexity index is 336. The molecule has 3 nitrogen and oxygen atoms in total. The van der Waals surface area contributed by atoms with E-state index in [9.17, 15) is 4.79 Å². The van der Waals surface area contributed by atoms with Crippen LogP contribution in [0.5, 0.6) is 0 Å². The Morgan fingerprint density at radius 1 is 1.50 bits per heavy atom. The SMILES string of the molecule is CCCCCCC(C)c1scnc1C(=O)O. The number of hydrogen-bond donors (Lipinski definition) is 1. The van der Waals surface area contributed by atoms with E-state index < -0.39 is 5.97 Å². The largest absolute Gasteiger partial charge is 0.476 e. The lowest BCUT2D eigenvalue weighted by molar-refractivity contribution is 0.0689. The van der Waals surface area contributed by atoms with Crippen molar-refractivity contribution in [1.29, 1.82) is 0 Å². The first-order valence-electron chi connectivity index (χ1n) is 5.83. The summed E-state index contributed by atoms with van der Waals surface area (Å²) in [6.45, 7) is 4.28. The van der Waals surface area contributed by atoms with Crippen LogP contribution >= 0.6 is 11.3 Å². The van der Waals surface area contributed by atoms with Crippen molar-refractivity contribution in [2.45, 2.75) is 51.9 Å². The summed E-state index contributed by atoms with van der Waals surface area (Å²) < 4.78 is 0. The van der Waals surface area contributed by atoms with E-state index in [4.69, 9.17) is 5.11 Å². The van der Waals surface area contributed by atoms with Crippen molar-refractivity contribution in [3.8, 4) is 0 Å². The van der Waals surface area contributed by atoms with Crippen LogP contribution in [-0.2, 0) is 0 Å². The summed E-state index contributed by atoms with van der Waals surface area (Å²) in [5.74, 6) is -0.591. The third-order valence-corrected chi connectivity index (χ3v) is 3.80. The third kappa shape index (κ3) is 3.59. The molecule has 0 aliphatic carbocycles. The average molecular weight is 241 g/mol. The highest BCUT2D eigenvalue weighted by Crippen LogP contribution is 2.28. The Labute approximate surface area is 101 Å². The first-order chi connectivity index (χ1) is 7.66. The summed E-state index contributed by atoms with van der Waals surface area (Å²) in [5, 5.41) is 8.96. The van der Waals surface area contributed by atoms with Gasteiger partial charge in [0, 0.05) is 4.88 Å². The summed E-state index contributed by atoms with van der Waals surface area (Å²) in [4.78, 5) is 15.7. The standard InChI is InChI=1S/C12H19NO2S/c1-3-4-5-6-7-9(2)11-10(12(14)15)13-8-16-11/h8-9H,3-7H2,1-2H3,(H,14,15). The number of carboxylic acids is 1. The molecule has 90 valence electrons. The number of rotatable bonds is 7. The summed E-state index contributed by atoms with van der Waals surface area (Å²) in [6.07, 6.45) is 5.97. The van der Waals surface area contributed by atoms with Crippen molar-refractivity contribution >= 4 is 17.3 Å². The molecule has 16 heavy (non-hydrogen) atoms. The number of carbonyl (C=O) groups is 1. The van der Waals surface area contributed by atoms with Crippen LogP contribution in [-0.4, -0.2) is 16.1 Å². The maximum atomic E-state index is 10.9. The van der Waals surface area contributed by atoms with Gasteiger partial charge in [0.05, 0.1) is 5.51 Å². The van der Waals surface area contributed by atoms with Gasteiger partial charge < -0.3 is 5.11 Å². The predicted octanol–water partition coefficient (Wildman–Crippen LogP) is 3.92. The summed E-state index contributed by atoms with van der Waals surface area (Å²) >= 11 is 1.46. The lowest BCUT2D eigenvalue weighted by atomic mass is 10.00. The Kier molecular flexibility index (Phi) is 5.46. The van der Waals surface area contributed by atoms with Crippen molar-refractivity contribution in [2.75, 3.05) is 0 Å². The van der Waals surface area contributed by atoms with Crippen LogP contribution in [0.15, 0.2) is 5.51 Å². The second kappa shape index (κ2) is 6.63. The van der Waals surface area contributed by atoms with Crippen LogP contribution in [0, 0.1) is 0 Å². The minimum atomic E-state index is -0.906. The van der Waals surface area contributed by atoms with Crippen molar-refractivity contribution in [3.63, 3.8) is 0 Å². The molecule has 0 fully saturated rings. The van der Waals surface area contributed by atoms with Gasteiger partial charge in [-0.15, -0.1) is 11.3 Å². The minimum absolute atomic E-state index is 0.244. The average Bonchev–Trinajstić information content (AvgIpc) is 2.73. The number of aromatic carboxylic acids is 1. The first kappa shape index (κ1) is 13.2. The Morgan fingerprint density at radius 3 is 2.88 bits per heavy atom. The fraction of sp³-hybridized carbons (Fsp3) is 0.667. The number of unbranched alkanes of at least 4 members (excludes halogenated alkanes) is 3. The van der Waals surface area contributed by atoms with Crippen molar-refractivity contribution in [3.05, 3.63) is 16.1 Å². The molecule has 1 heterocycles. The van der Waals surface area contributed by atoms with Gasteiger partial charge in [-0.05, 0) is 12.3 Å². The molecule has 0 radical (unpaired) electrons. The number of nitrogens with zero attached hydrogens (tertiary/aromatic N) is 1. The molecule has 0 saturated carbocycles. The zero-order valence-electron chi connectivity index (χ0n) is 9.90. The topological polar surface area (TPSA) is 50.2 Å². The number of hydrogen-bond acceptors (Lipinski definition) is 3. The zero-order valence-corrected chi connectivity index (χ0v) is 10.7. The molecule has 0 amide bonds. The van der Waals surface area contributed by atoms with E-state index in [1.165, 1.54) is 37.0 Å². The highest BCUT2D eigenvalue weighted by atomic mass is 32.1. The molecular formula is C12H19NO2S. The lowest BCUT2D eigenvalue weighted by Crippen LogP contribution is -2.03. The van der Waals surface area contributed by atoms with Gasteiger partial charge in [0.1, 0.15) is 0 Å². The molecule has 1 atom stereocenters. The quantitative estimate of drug-likeness (QED) is 0.736. The Balaban J connectivity index is 2.49. The highest BCUT2D eigenvalue weighted by Gasteiger charge is 2.18. The first-order valence-corrected chi connectivity index (χ1v) is 6.71. The monoisotopic (exact) mass is 241 g/mol. The van der Waals surface area contributed by atoms with Crippen molar-refractivity contribution in [1.82, 2.24) is 4.98 Å². The fourth-order valence-electron chi connectivity index (χ4n) is 1.77. The molecule has 0 bridgehead atoms. The van der Waals surface area contributed by atoms with Crippen molar-refractivity contribution in [2.24, 2.45) is 0 Å². The summed E-state index contributed by atoms with van der Waals surface area (Å²) in [7, 11) is 0. The van der Waals surface area contributed by atoms with E-state index in [1.807, 2.05) is 0 Å². The van der Waals surface area contributed by atoms with Crippen molar-refractivity contribution < 1.29 is 9.90 Å². The zero-order chi connectivity index (χ0) is 12.0. The Hall–Kier alpha value is -0.900. The minimum Gasteiger partial charge on any atom is -0.476 e. The number of aromatic nitrogens is 1. The van der Waals surface area contributed by atoms with E-state index in [0.717, 1.165) is 11.3 Å². The van der Waals surface area contributed by atoms with Gasteiger partial charge in [-0.3, -0.25) is 0 Å². The second-order valence-corrected chi connectivity index (χ2v) is 5.01. The van der Waals surface area contributed by atoms with E-state index in [0.29, 0.717) is 5.92 Å². The molecule has 0 aliphatic rings. The molecule has 1 aromatic rings. The maximum Gasteiger partial charge on any atom is 0.355 e. The van der Waals surface area contributed by atoms with E-state index >= 15 is 0 Å². The third-order valence-electron chi connectivity index (χ3n) is 2.74. The fourth-order valence-corrected chi connectivity index (χ4v) is 2.65. The lowest BCUT2D eigenvalue weighted by Gasteiger charge is -2.09. The normalized spacial score (nSPS) is 12.6. The van der Waals surface area contributed by atoms with E-state index in [-0.39, 0.29) is 5.69 Å². The van der Waals surface area contributed by atoms with E-state index in [1.54, 1.807) is 5.51 Å². The maximum absolute atomic E-state index is 10.9. The predicted molar refractivity (Wildman–Crippen MR) is 66.2 cm³/mol. The number of thiazole rings is 1. The molecular weight excluding hydrogens is 222 g/mol. The molecule has 0 spiro atoms. The highest BCUT2D eigenvalue weighted by molar-refractivity contribution is 7.10. The smallest absolute Gasteiger partial charge is 0.355 e. The molecule has 1 unspecified atom stereocenters. The molecule has 1 rings (SSSR count). The molecule has 1 N–H and O–H groups in total. The van der Waals surface area contributed by atoms with Crippen LogP contribution in [0.1, 0.15) is 67.2 Å². The van der Waals surface area contributed by atoms with Gasteiger partial charge in [-0.2, -0.15) is 0 Å². The van der Waals surface area contributed by atoms with E-state index in [2.05, 4.69) is 18.8 Å². The van der Waals surface area contributed by atoms with Crippen LogP contribution in [0.2, 0.25) is 0 Å². The molecule has 0 saturated heterocycles. The van der Waals surface area contributed by atoms with Gasteiger partial charge in [-0.1, -0.05) is 39.5 Å². The van der Waals surface area contributed by atoms with Crippen LogP contribution in [0.4, 0.5) is 0 Å². The molecule has 1 aromatic heterocycles. The number of carboxylic acid groups (broad SMARTS) is 1. The Morgan fingerprint density at radius 2 is 2.25 bits per heavy atom. The van der Waals surface area contributed by atoms with Crippen LogP contribution in [0.25, 0.3) is 0 Å². The van der Waals surface area contributed by atoms with Gasteiger partial charge in [0.15, 0.2) is 5.69 Å². The van der Waals surface area contributed by atoms with Crippen LogP contribution in [0.3, 0.4) is 0 Å². The van der Waals surface area contributed by atoms with Gasteiger partial charge in [-0.25, -0.2) is 9.78 Å². The van der Waals surface area contributed by atoms with Gasteiger partial charge >= 0.3 is 5.97 Å². The molecule has 0 aromatic carbocycles.